The maximum Gasteiger partial charge on any atom is 0.119 e. The van der Waals surface area contributed by atoms with Crippen molar-refractivity contribution in [3.05, 3.63) is 28.3 Å². The minimum absolute atomic E-state index is 0.548. The summed E-state index contributed by atoms with van der Waals surface area (Å²) in [5.74, 6) is 0.898. The van der Waals surface area contributed by atoms with Crippen LogP contribution in [0.5, 0.6) is 5.75 Å². The average Bonchev–Trinajstić information content (AvgIpc) is 2.31. The molecular weight excluding hydrogens is 234 g/mol. The van der Waals surface area contributed by atoms with E-state index in [1.54, 1.807) is 0 Å². The van der Waals surface area contributed by atoms with Crippen molar-refractivity contribution >= 4 is 11.6 Å². The molecule has 1 aromatic rings. The molecule has 0 amide bonds. The van der Waals surface area contributed by atoms with Crippen molar-refractivity contribution in [3.63, 3.8) is 0 Å². The molecule has 96 valence electrons. The summed E-state index contributed by atoms with van der Waals surface area (Å²) in [5, 5.41) is 4.22. The molecule has 0 bridgehead atoms. The van der Waals surface area contributed by atoms with E-state index >= 15 is 0 Å². The van der Waals surface area contributed by atoms with Gasteiger partial charge in [0.2, 0.25) is 0 Å². The Kier molecular flexibility index (Phi) is 5.79. The smallest absolute Gasteiger partial charge is 0.119 e. The quantitative estimate of drug-likeness (QED) is 0.783. The Balaban J connectivity index is 2.42. The van der Waals surface area contributed by atoms with Crippen LogP contribution in [0.25, 0.3) is 0 Å². The van der Waals surface area contributed by atoms with Crippen LogP contribution in [0.1, 0.15) is 31.4 Å². The maximum atomic E-state index is 6.10. The summed E-state index contributed by atoms with van der Waals surface area (Å²) >= 11 is 6.10. The molecule has 1 aromatic carbocycles. The molecule has 0 saturated carbocycles. The van der Waals surface area contributed by atoms with Crippen LogP contribution in [-0.4, -0.2) is 19.2 Å². The second-order valence-corrected chi connectivity index (χ2v) is 4.86. The van der Waals surface area contributed by atoms with E-state index in [0.29, 0.717) is 12.6 Å². The van der Waals surface area contributed by atoms with Gasteiger partial charge in [0.1, 0.15) is 12.4 Å². The summed E-state index contributed by atoms with van der Waals surface area (Å²) in [6, 6.07) is 4.52. The van der Waals surface area contributed by atoms with Gasteiger partial charge in [0, 0.05) is 17.6 Å². The Morgan fingerprint density at radius 1 is 1.29 bits per heavy atom. The normalized spacial score (nSPS) is 12.5. The van der Waals surface area contributed by atoms with Gasteiger partial charge in [0.15, 0.2) is 0 Å². The highest BCUT2D eigenvalue weighted by molar-refractivity contribution is 6.32. The summed E-state index contributed by atoms with van der Waals surface area (Å²) < 4.78 is 5.70. The van der Waals surface area contributed by atoms with Crippen molar-refractivity contribution < 1.29 is 4.74 Å². The van der Waals surface area contributed by atoms with Crippen molar-refractivity contribution in [2.45, 2.75) is 40.2 Å². The molecule has 0 aromatic heterocycles. The lowest BCUT2D eigenvalue weighted by molar-refractivity contribution is 0.306. The summed E-state index contributed by atoms with van der Waals surface area (Å²) in [7, 11) is 0. The van der Waals surface area contributed by atoms with Gasteiger partial charge < -0.3 is 10.1 Å². The van der Waals surface area contributed by atoms with Crippen molar-refractivity contribution in [1.82, 2.24) is 5.32 Å². The largest absolute Gasteiger partial charge is 0.492 e. The Bertz CT molecular complexity index is 342. The first-order chi connectivity index (χ1) is 8.04. The summed E-state index contributed by atoms with van der Waals surface area (Å²) in [5.41, 5.74) is 2.13. The Morgan fingerprint density at radius 3 is 2.41 bits per heavy atom. The molecule has 2 nitrogen and oxygen atoms in total. The van der Waals surface area contributed by atoms with Gasteiger partial charge in [-0.25, -0.2) is 0 Å². The minimum Gasteiger partial charge on any atom is -0.492 e. The van der Waals surface area contributed by atoms with E-state index in [9.17, 15) is 0 Å². The second kappa shape index (κ2) is 6.87. The third-order valence-electron chi connectivity index (χ3n) is 2.89. The molecule has 17 heavy (non-hydrogen) atoms. The monoisotopic (exact) mass is 255 g/mol. The first kappa shape index (κ1) is 14.3. The molecule has 0 aliphatic heterocycles. The summed E-state index contributed by atoms with van der Waals surface area (Å²) in [6.07, 6.45) is 1.14. The molecule has 1 rings (SSSR count). The van der Waals surface area contributed by atoms with Gasteiger partial charge in [-0.15, -0.1) is 0 Å². The lowest BCUT2D eigenvalue weighted by Gasteiger charge is -2.13. The summed E-state index contributed by atoms with van der Waals surface area (Å²) in [6.45, 7) is 9.90. The first-order valence-electron chi connectivity index (χ1n) is 6.17. The molecule has 1 N–H and O–H groups in total. The molecule has 0 saturated heterocycles. The van der Waals surface area contributed by atoms with E-state index in [-0.39, 0.29) is 0 Å². The lowest BCUT2D eigenvalue weighted by atomic mass is 10.1. The number of rotatable bonds is 6. The van der Waals surface area contributed by atoms with Crippen molar-refractivity contribution in [1.29, 1.82) is 0 Å². The van der Waals surface area contributed by atoms with Gasteiger partial charge in [-0.05, 0) is 50.5 Å². The van der Waals surface area contributed by atoms with E-state index in [1.165, 1.54) is 0 Å². The van der Waals surface area contributed by atoms with Crippen LogP contribution in [0.15, 0.2) is 12.1 Å². The average molecular weight is 256 g/mol. The predicted octanol–water partition coefficient (Wildman–Crippen LogP) is 3.72. The molecule has 0 aliphatic carbocycles. The van der Waals surface area contributed by atoms with Gasteiger partial charge in [-0.1, -0.05) is 18.5 Å². The minimum atomic E-state index is 0.548. The number of nitrogens with one attached hydrogen (secondary N) is 1. The van der Waals surface area contributed by atoms with E-state index in [4.69, 9.17) is 16.3 Å². The van der Waals surface area contributed by atoms with Gasteiger partial charge in [-0.2, -0.15) is 0 Å². The van der Waals surface area contributed by atoms with E-state index in [0.717, 1.165) is 34.9 Å². The van der Waals surface area contributed by atoms with Crippen LogP contribution in [0, 0.1) is 13.8 Å². The first-order valence-corrected chi connectivity index (χ1v) is 6.55. The molecule has 0 heterocycles. The SMILES string of the molecule is CC[C@H](C)NCCOc1cc(C)c(Cl)c(C)c1. The molecule has 1 atom stereocenters. The zero-order chi connectivity index (χ0) is 12.8. The fourth-order valence-electron chi connectivity index (χ4n) is 1.61. The van der Waals surface area contributed by atoms with Crippen LogP contribution in [0.4, 0.5) is 0 Å². The van der Waals surface area contributed by atoms with Crippen LogP contribution in [0.3, 0.4) is 0 Å². The number of hydrogen-bond acceptors (Lipinski definition) is 2. The van der Waals surface area contributed by atoms with E-state index < -0.39 is 0 Å². The number of halogens is 1. The second-order valence-electron chi connectivity index (χ2n) is 4.48. The van der Waals surface area contributed by atoms with Crippen molar-refractivity contribution in [3.8, 4) is 5.75 Å². The van der Waals surface area contributed by atoms with Gasteiger partial charge in [0.25, 0.3) is 0 Å². The molecule has 3 heteroatoms. The third kappa shape index (κ3) is 4.57. The topological polar surface area (TPSA) is 21.3 Å². The van der Waals surface area contributed by atoms with Crippen LogP contribution in [-0.2, 0) is 0 Å². The van der Waals surface area contributed by atoms with Gasteiger partial charge in [-0.3, -0.25) is 0 Å². The highest BCUT2D eigenvalue weighted by Crippen LogP contribution is 2.25. The summed E-state index contributed by atoms with van der Waals surface area (Å²) in [4.78, 5) is 0. The zero-order valence-corrected chi connectivity index (χ0v) is 11.9. The van der Waals surface area contributed by atoms with Crippen molar-refractivity contribution in [2.75, 3.05) is 13.2 Å². The number of ether oxygens (including phenoxy) is 1. The van der Waals surface area contributed by atoms with E-state index in [1.807, 2.05) is 26.0 Å². The lowest BCUT2D eigenvalue weighted by Crippen LogP contribution is -2.29. The van der Waals surface area contributed by atoms with E-state index in [2.05, 4.69) is 19.2 Å². The number of hydrogen-bond donors (Lipinski definition) is 1. The van der Waals surface area contributed by atoms with Crippen LogP contribution in [0.2, 0.25) is 5.02 Å². The third-order valence-corrected chi connectivity index (χ3v) is 3.48. The number of benzene rings is 1. The maximum absolute atomic E-state index is 6.10. The Hall–Kier alpha value is -0.730. The zero-order valence-electron chi connectivity index (χ0n) is 11.1. The molecule has 0 spiro atoms. The van der Waals surface area contributed by atoms with Crippen LogP contribution < -0.4 is 10.1 Å². The fourth-order valence-corrected chi connectivity index (χ4v) is 1.72. The molecular formula is C14H22ClNO. The highest BCUT2D eigenvalue weighted by atomic mass is 35.5. The Labute approximate surface area is 109 Å². The highest BCUT2D eigenvalue weighted by Gasteiger charge is 2.03. The Morgan fingerprint density at radius 2 is 1.88 bits per heavy atom. The molecule has 0 aliphatic rings. The fraction of sp³-hybridized carbons (Fsp3) is 0.571. The standard InChI is InChI=1S/C14H22ClNO/c1-5-12(4)16-6-7-17-13-8-10(2)14(15)11(3)9-13/h8-9,12,16H,5-7H2,1-4H3/t12-/m0/s1. The van der Waals surface area contributed by atoms with Gasteiger partial charge in [0.05, 0.1) is 0 Å². The molecule has 0 unspecified atom stereocenters. The molecule has 0 radical (unpaired) electrons. The van der Waals surface area contributed by atoms with Crippen molar-refractivity contribution in [2.24, 2.45) is 0 Å². The van der Waals surface area contributed by atoms with Crippen LogP contribution >= 0.6 is 11.6 Å². The molecule has 0 fully saturated rings. The predicted molar refractivity (Wildman–Crippen MR) is 74.2 cm³/mol. The van der Waals surface area contributed by atoms with Gasteiger partial charge >= 0.3 is 0 Å². The number of aryl methyl sites for hydroxylation is 2.